The molecule has 0 saturated carbocycles. The molecular formula is C19H26F3N3O. The van der Waals surface area contributed by atoms with Gasteiger partial charge in [0.05, 0.1) is 6.04 Å². The second kappa shape index (κ2) is 8.39. The molecule has 0 unspecified atom stereocenters. The molecule has 26 heavy (non-hydrogen) atoms. The molecular weight excluding hydrogens is 343 g/mol. The summed E-state index contributed by atoms with van der Waals surface area (Å²) in [5.74, 6) is -0.387. The Morgan fingerprint density at radius 2 is 1.85 bits per heavy atom. The van der Waals surface area contributed by atoms with Crippen molar-refractivity contribution >= 4 is 5.91 Å². The number of hydrogen-bond acceptors (Lipinski definition) is 3. The molecule has 4 nitrogen and oxygen atoms in total. The highest BCUT2D eigenvalue weighted by atomic mass is 19.4. The Kier molecular flexibility index (Phi) is 6.19. The minimum Gasteiger partial charge on any atom is -0.328 e. The van der Waals surface area contributed by atoms with Crippen molar-refractivity contribution in [1.82, 2.24) is 15.1 Å². The van der Waals surface area contributed by atoms with Gasteiger partial charge in [-0.1, -0.05) is 30.3 Å². The van der Waals surface area contributed by atoms with E-state index in [2.05, 4.69) is 10.2 Å². The van der Waals surface area contributed by atoms with Crippen LogP contribution in [0.25, 0.3) is 0 Å². The lowest BCUT2D eigenvalue weighted by atomic mass is 10.0. The van der Waals surface area contributed by atoms with Crippen LogP contribution in [0.15, 0.2) is 30.3 Å². The van der Waals surface area contributed by atoms with Gasteiger partial charge < -0.3 is 10.2 Å². The SMILES string of the molecule is O=C([C@@H]1CCCN1C1CCNCC1)N(Cc1ccccc1)CC(F)(F)F. The van der Waals surface area contributed by atoms with Crippen LogP contribution < -0.4 is 5.32 Å². The lowest BCUT2D eigenvalue weighted by Crippen LogP contribution is -2.52. The number of rotatable bonds is 5. The normalized spacial score (nSPS) is 22.5. The number of nitrogens with zero attached hydrogens (tertiary/aromatic N) is 2. The van der Waals surface area contributed by atoms with Gasteiger partial charge in [0.25, 0.3) is 0 Å². The Morgan fingerprint density at radius 1 is 1.15 bits per heavy atom. The molecule has 1 atom stereocenters. The molecule has 0 radical (unpaired) electrons. The summed E-state index contributed by atoms with van der Waals surface area (Å²) in [6.45, 7) is 1.40. The summed E-state index contributed by atoms with van der Waals surface area (Å²) in [5.41, 5.74) is 0.719. The van der Waals surface area contributed by atoms with Crippen molar-refractivity contribution < 1.29 is 18.0 Å². The topological polar surface area (TPSA) is 35.6 Å². The average molecular weight is 369 g/mol. The van der Waals surface area contributed by atoms with Gasteiger partial charge in [-0.15, -0.1) is 0 Å². The van der Waals surface area contributed by atoms with Crippen molar-refractivity contribution in [3.8, 4) is 0 Å². The van der Waals surface area contributed by atoms with E-state index in [0.29, 0.717) is 6.42 Å². The summed E-state index contributed by atoms with van der Waals surface area (Å²) in [7, 11) is 0. The van der Waals surface area contributed by atoms with Crippen LogP contribution in [-0.2, 0) is 11.3 Å². The second-order valence-electron chi connectivity index (χ2n) is 7.17. The zero-order chi connectivity index (χ0) is 18.6. The molecule has 1 amide bonds. The Balaban J connectivity index is 1.74. The van der Waals surface area contributed by atoms with Crippen molar-refractivity contribution in [2.75, 3.05) is 26.2 Å². The number of carbonyl (C=O) groups excluding carboxylic acids is 1. The summed E-state index contributed by atoms with van der Waals surface area (Å²) in [6, 6.07) is 8.76. The maximum absolute atomic E-state index is 13.1. The minimum absolute atomic E-state index is 0.00422. The number of halogens is 3. The molecule has 144 valence electrons. The Bertz CT molecular complexity index is 587. The fraction of sp³-hybridized carbons (Fsp3) is 0.632. The first-order valence-electron chi connectivity index (χ1n) is 9.30. The third kappa shape index (κ3) is 4.98. The Morgan fingerprint density at radius 3 is 2.50 bits per heavy atom. The standard InChI is InChI=1S/C19H26F3N3O/c20-19(21,22)14-24(13-15-5-2-1-3-6-15)18(26)17-7-4-12-25(17)16-8-10-23-11-9-16/h1-3,5-6,16-17,23H,4,7-14H2/t17-/m0/s1. The molecule has 0 bridgehead atoms. The zero-order valence-corrected chi connectivity index (χ0v) is 14.8. The highest BCUT2D eigenvalue weighted by Gasteiger charge is 2.41. The van der Waals surface area contributed by atoms with E-state index in [-0.39, 0.29) is 18.5 Å². The average Bonchev–Trinajstić information content (AvgIpc) is 3.11. The van der Waals surface area contributed by atoms with Crippen LogP contribution in [-0.4, -0.2) is 60.1 Å². The number of nitrogens with one attached hydrogen (secondary N) is 1. The molecule has 0 aliphatic carbocycles. The summed E-state index contributed by atoms with van der Waals surface area (Å²) in [6.07, 6.45) is -0.996. The molecule has 2 fully saturated rings. The Labute approximate surface area is 152 Å². The molecule has 2 aliphatic heterocycles. The van der Waals surface area contributed by atoms with E-state index in [0.717, 1.165) is 49.4 Å². The molecule has 1 N–H and O–H groups in total. The van der Waals surface area contributed by atoms with Gasteiger partial charge in [0.1, 0.15) is 6.54 Å². The molecule has 0 aromatic heterocycles. The lowest BCUT2D eigenvalue weighted by Gasteiger charge is -2.37. The predicted octanol–water partition coefficient (Wildman–Crippen LogP) is 2.79. The van der Waals surface area contributed by atoms with Gasteiger partial charge in [-0.3, -0.25) is 9.69 Å². The van der Waals surface area contributed by atoms with E-state index < -0.39 is 18.8 Å². The number of likely N-dealkylation sites (tertiary alicyclic amines) is 1. The smallest absolute Gasteiger partial charge is 0.328 e. The third-order valence-corrected chi connectivity index (χ3v) is 5.26. The van der Waals surface area contributed by atoms with Gasteiger partial charge in [-0.25, -0.2) is 0 Å². The first-order valence-corrected chi connectivity index (χ1v) is 9.30. The number of hydrogen-bond donors (Lipinski definition) is 1. The number of benzene rings is 1. The fourth-order valence-electron chi connectivity index (χ4n) is 4.07. The lowest BCUT2D eigenvalue weighted by molar-refractivity contribution is -0.165. The molecule has 2 heterocycles. The number of carbonyl (C=O) groups is 1. The van der Waals surface area contributed by atoms with E-state index in [1.54, 1.807) is 24.3 Å². The van der Waals surface area contributed by atoms with Gasteiger partial charge in [0.15, 0.2) is 0 Å². The molecule has 7 heteroatoms. The molecule has 0 spiro atoms. The van der Waals surface area contributed by atoms with E-state index >= 15 is 0 Å². The second-order valence-corrected chi connectivity index (χ2v) is 7.17. The van der Waals surface area contributed by atoms with Crippen molar-refractivity contribution in [3.05, 3.63) is 35.9 Å². The van der Waals surface area contributed by atoms with Gasteiger partial charge in [0.2, 0.25) is 5.91 Å². The van der Waals surface area contributed by atoms with E-state index in [1.807, 2.05) is 6.07 Å². The van der Waals surface area contributed by atoms with Crippen molar-refractivity contribution in [2.24, 2.45) is 0 Å². The van der Waals surface area contributed by atoms with Crippen LogP contribution in [0.1, 0.15) is 31.2 Å². The number of piperidine rings is 1. The first kappa shape index (κ1) is 19.2. The number of alkyl halides is 3. The van der Waals surface area contributed by atoms with Crippen molar-refractivity contribution in [3.63, 3.8) is 0 Å². The maximum Gasteiger partial charge on any atom is 0.406 e. The summed E-state index contributed by atoms with van der Waals surface area (Å²) in [5, 5.41) is 3.30. The minimum atomic E-state index is -4.40. The third-order valence-electron chi connectivity index (χ3n) is 5.26. The monoisotopic (exact) mass is 369 g/mol. The largest absolute Gasteiger partial charge is 0.406 e. The van der Waals surface area contributed by atoms with Crippen LogP contribution in [0.4, 0.5) is 13.2 Å². The quantitative estimate of drug-likeness (QED) is 0.867. The van der Waals surface area contributed by atoms with Crippen LogP contribution in [0.3, 0.4) is 0 Å². The van der Waals surface area contributed by atoms with Crippen LogP contribution in [0.2, 0.25) is 0 Å². The number of amides is 1. The molecule has 1 aromatic rings. The predicted molar refractivity (Wildman–Crippen MR) is 93.5 cm³/mol. The molecule has 1 aromatic carbocycles. The van der Waals surface area contributed by atoms with Crippen molar-refractivity contribution in [2.45, 2.75) is 50.5 Å². The van der Waals surface area contributed by atoms with Gasteiger partial charge >= 0.3 is 6.18 Å². The summed E-state index contributed by atoms with van der Waals surface area (Å²) < 4.78 is 39.3. The highest BCUT2D eigenvalue weighted by molar-refractivity contribution is 5.82. The van der Waals surface area contributed by atoms with E-state index in [1.165, 1.54) is 0 Å². The van der Waals surface area contributed by atoms with Crippen LogP contribution >= 0.6 is 0 Å². The summed E-state index contributed by atoms with van der Waals surface area (Å²) >= 11 is 0. The first-order chi connectivity index (χ1) is 12.4. The summed E-state index contributed by atoms with van der Waals surface area (Å²) in [4.78, 5) is 16.2. The van der Waals surface area contributed by atoms with Gasteiger partial charge in [0, 0.05) is 12.6 Å². The maximum atomic E-state index is 13.1. The van der Waals surface area contributed by atoms with E-state index in [9.17, 15) is 18.0 Å². The van der Waals surface area contributed by atoms with Gasteiger partial charge in [-0.05, 0) is 50.9 Å². The highest BCUT2D eigenvalue weighted by Crippen LogP contribution is 2.27. The molecule has 2 aliphatic rings. The fourth-order valence-corrected chi connectivity index (χ4v) is 4.07. The van der Waals surface area contributed by atoms with Gasteiger partial charge in [-0.2, -0.15) is 13.2 Å². The Hall–Kier alpha value is -1.60. The molecule has 2 saturated heterocycles. The van der Waals surface area contributed by atoms with Crippen molar-refractivity contribution in [1.29, 1.82) is 0 Å². The van der Waals surface area contributed by atoms with Crippen LogP contribution in [0.5, 0.6) is 0 Å². The van der Waals surface area contributed by atoms with E-state index in [4.69, 9.17) is 0 Å². The van der Waals surface area contributed by atoms with Crippen LogP contribution in [0, 0.1) is 0 Å². The zero-order valence-electron chi connectivity index (χ0n) is 14.8. The molecule has 3 rings (SSSR count).